The molecule has 1 amide bonds. The first kappa shape index (κ1) is 15.3. The summed E-state index contributed by atoms with van der Waals surface area (Å²) in [5, 5.41) is 2.38. The van der Waals surface area contributed by atoms with Gasteiger partial charge in [0.15, 0.2) is 0 Å². The van der Waals surface area contributed by atoms with E-state index in [9.17, 15) is 9.59 Å². The molecular weight excluding hydrogens is 341 g/mol. The van der Waals surface area contributed by atoms with Gasteiger partial charge in [0.2, 0.25) is 0 Å². The van der Waals surface area contributed by atoms with Crippen molar-refractivity contribution in [3.63, 3.8) is 0 Å². The minimum absolute atomic E-state index is 0.222. The fraction of sp³-hybridized carbons (Fsp3) is 0.0769. The van der Waals surface area contributed by atoms with Gasteiger partial charge in [0, 0.05) is 6.54 Å². The highest BCUT2D eigenvalue weighted by Crippen LogP contribution is 2.22. The number of amides is 1. The molecule has 1 aromatic heterocycles. The monoisotopic (exact) mass is 347 g/mol. The van der Waals surface area contributed by atoms with Crippen molar-refractivity contribution in [3.05, 3.63) is 55.7 Å². The molecule has 1 heterocycles. The molecule has 0 saturated heterocycles. The highest BCUT2D eigenvalue weighted by Gasteiger charge is 2.11. The van der Waals surface area contributed by atoms with Crippen molar-refractivity contribution in [2.24, 2.45) is 0 Å². The molecule has 0 spiro atoms. The second-order valence-corrected chi connectivity index (χ2v) is 6.34. The molecule has 2 aromatic rings. The maximum Gasteiger partial charge on any atom is 0.261 e. The maximum atomic E-state index is 11.8. The van der Waals surface area contributed by atoms with Crippen molar-refractivity contribution in [3.8, 4) is 0 Å². The number of hydrogen-bond acceptors (Lipinski definition) is 3. The minimum atomic E-state index is -0.631. The van der Waals surface area contributed by atoms with Crippen molar-refractivity contribution in [1.82, 2.24) is 5.32 Å². The second-order valence-electron chi connectivity index (χ2n) is 3.87. The SMILES string of the molecule is O=C(NCc1ccc(Cl)c(C(=O)Cl)c1)c1ccc(Cl)s1. The molecule has 0 atom stereocenters. The number of carbonyl (C=O) groups is 2. The normalized spacial score (nSPS) is 10.3. The lowest BCUT2D eigenvalue weighted by Crippen LogP contribution is -2.21. The van der Waals surface area contributed by atoms with Gasteiger partial charge in [0.25, 0.3) is 11.1 Å². The predicted molar refractivity (Wildman–Crippen MR) is 82.1 cm³/mol. The van der Waals surface area contributed by atoms with Crippen LogP contribution in [0.5, 0.6) is 0 Å². The zero-order valence-corrected chi connectivity index (χ0v) is 13.0. The molecule has 20 heavy (non-hydrogen) atoms. The van der Waals surface area contributed by atoms with E-state index < -0.39 is 5.24 Å². The van der Waals surface area contributed by atoms with Gasteiger partial charge in [-0.1, -0.05) is 29.3 Å². The van der Waals surface area contributed by atoms with E-state index in [-0.39, 0.29) is 23.0 Å². The Bertz CT molecular complexity index is 669. The van der Waals surface area contributed by atoms with Gasteiger partial charge in [0.1, 0.15) is 0 Å². The van der Waals surface area contributed by atoms with Crippen molar-refractivity contribution >= 4 is 57.3 Å². The van der Waals surface area contributed by atoms with Crippen LogP contribution in [-0.4, -0.2) is 11.1 Å². The smallest absolute Gasteiger partial charge is 0.261 e. The van der Waals surface area contributed by atoms with Gasteiger partial charge in [-0.3, -0.25) is 9.59 Å². The lowest BCUT2D eigenvalue weighted by molar-refractivity contribution is 0.0954. The molecule has 1 N–H and O–H groups in total. The van der Waals surface area contributed by atoms with Gasteiger partial charge in [-0.15, -0.1) is 11.3 Å². The zero-order chi connectivity index (χ0) is 14.7. The maximum absolute atomic E-state index is 11.8. The molecule has 0 radical (unpaired) electrons. The van der Waals surface area contributed by atoms with Gasteiger partial charge in [0.05, 0.1) is 19.8 Å². The Kier molecular flexibility index (Phi) is 5.05. The average Bonchev–Trinajstić information content (AvgIpc) is 2.84. The van der Waals surface area contributed by atoms with E-state index in [1.807, 2.05) is 0 Å². The van der Waals surface area contributed by atoms with Gasteiger partial charge in [-0.05, 0) is 41.4 Å². The van der Waals surface area contributed by atoms with Crippen LogP contribution in [0.1, 0.15) is 25.6 Å². The Balaban J connectivity index is 2.06. The number of thiophene rings is 1. The molecule has 1 aromatic carbocycles. The van der Waals surface area contributed by atoms with Crippen LogP contribution in [-0.2, 0) is 6.54 Å². The minimum Gasteiger partial charge on any atom is -0.347 e. The number of benzene rings is 1. The molecule has 3 nitrogen and oxygen atoms in total. The zero-order valence-electron chi connectivity index (χ0n) is 9.95. The standard InChI is InChI=1S/C13H8Cl3NO2S/c14-9-2-1-7(5-8(9)12(16)18)6-17-13(19)10-3-4-11(15)20-10/h1-5H,6H2,(H,17,19). The Hall–Kier alpha value is -1.07. The fourth-order valence-corrected chi connectivity index (χ4v) is 2.91. The Labute approximate surface area is 134 Å². The summed E-state index contributed by atoms with van der Waals surface area (Å²) in [6.07, 6.45) is 0. The van der Waals surface area contributed by atoms with E-state index in [1.165, 1.54) is 11.3 Å². The molecule has 2 rings (SSSR count). The van der Waals surface area contributed by atoms with Gasteiger partial charge >= 0.3 is 0 Å². The van der Waals surface area contributed by atoms with E-state index in [4.69, 9.17) is 34.8 Å². The third kappa shape index (κ3) is 3.73. The van der Waals surface area contributed by atoms with Crippen LogP contribution in [0.3, 0.4) is 0 Å². The van der Waals surface area contributed by atoms with E-state index >= 15 is 0 Å². The second kappa shape index (κ2) is 6.59. The summed E-state index contributed by atoms with van der Waals surface area (Å²) < 4.78 is 0.552. The highest BCUT2D eigenvalue weighted by atomic mass is 35.5. The molecule has 0 saturated carbocycles. The number of carbonyl (C=O) groups excluding carboxylic acids is 2. The molecule has 0 aliphatic heterocycles. The topological polar surface area (TPSA) is 46.2 Å². The third-order valence-corrected chi connectivity index (χ3v) is 4.26. The van der Waals surface area contributed by atoms with Gasteiger partial charge in [-0.2, -0.15) is 0 Å². The van der Waals surface area contributed by atoms with Crippen LogP contribution in [0.25, 0.3) is 0 Å². The lowest BCUT2D eigenvalue weighted by atomic mass is 10.1. The first-order valence-corrected chi connectivity index (χ1v) is 7.44. The summed E-state index contributed by atoms with van der Waals surface area (Å²) in [4.78, 5) is 23.5. The molecule has 0 aliphatic carbocycles. The van der Waals surface area contributed by atoms with Crippen LogP contribution in [0.15, 0.2) is 30.3 Å². The molecule has 7 heteroatoms. The van der Waals surface area contributed by atoms with E-state index in [2.05, 4.69) is 5.32 Å². The van der Waals surface area contributed by atoms with E-state index in [0.29, 0.717) is 9.21 Å². The lowest BCUT2D eigenvalue weighted by Gasteiger charge is -2.06. The summed E-state index contributed by atoms with van der Waals surface area (Å²) in [5.41, 5.74) is 0.952. The quantitative estimate of drug-likeness (QED) is 0.834. The number of hydrogen-bond donors (Lipinski definition) is 1. The summed E-state index contributed by atoms with van der Waals surface area (Å²) in [6, 6.07) is 8.15. The van der Waals surface area contributed by atoms with Crippen molar-refractivity contribution in [2.75, 3.05) is 0 Å². The first-order chi connectivity index (χ1) is 9.47. The van der Waals surface area contributed by atoms with Crippen LogP contribution < -0.4 is 5.32 Å². The number of halogens is 3. The Morgan fingerprint density at radius 3 is 2.50 bits per heavy atom. The largest absolute Gasteiger partial charge is 0.347 e. The predicted octanol–water partition coefficient (Wildman–Crippen LogP) is 4.36. The van der Waals surface area contributed by atoms with Crippen LogP contribution in [0, 0.1) is 0 Å². The number of rotatable bonds is 4. The van der Waals surface area contributed by atoms with Gasteiger partial charge < -0.3 is 5.32 Å². The Morgan fingerprint density at radius 2 is 1.90 bits per heavy atom. The Morgan fingerprint density at radius 1 is 1.15 bits per heavy atom. The summed E-state index contributed by atoms with van der Waals surface area (Å²) in [5.74, 6) is -0.226. The van der Waals surface area contributed by atoms with Gasteiger partial charge in [-0.25, -0.2) is 0 Å². The highest BCUT2D eigenvalue weighted by molar-refractivity contribution is 7.17. The van der Waals surface area contributed by atoms with Crippen LogP contribution in [0.4, 0.5) is 0 Å². The molecular formula is C13H8Cl3NO2S. The average molecular weight is 349 g/mol. The van der Waals surface area contributed by atoms with Crippen molar-refractivity contribution in [2.45, 2.75) is 6.54 Å². The third-order valence-electron chi connectivity index (χ3n) is 2.49. The van der Waals surface area contributed by atoms with E-state index in [0.717, 1.165) is 5.56 Å². The first-order valence-electron chi connectivity index (χ1n) is 5.49. The fourth-order valence-electron chi connectivity index (χ4n) is 1.54. The summed E-state index contributed by atoms with van der Waals surface area (Å²) >= 11 is 18.2. The summed E-state index contributed by atoms with van der Waals surface area (Å²) in [7, 11) is 0. The van der Waals surface area contributed by atoms with Crippen LogP contribution in [0.2, 0.25) is 9.36 Å². The molecule has 0 aliphatic rings. The van der Waals surface area contributed by atoms with E-state index in [1.54, 1.807) is 30.3 Å². The molecule has 104 valence electrons. The molecule has 0 bridgehead atoms. The summed E-state index contributed by atoms with van der Waals surface area (Å²) in [6.45, 7) is 0.267. The van der Waals surface area contributed by atoms with Crippen molar-refractivity contribution < 1.29 is 9.59 Å². The molecule has 0 fully saturated rings. The van der Waals surface area contributed by atoms with Crippen LogP contribution >= 0.6 is 46.1 Å². The number of nitrogens with one attached hydrogen (secondary N) is 1. The molecule has 0 unspecified atom stereocenters. The van der Waals surface area contributed by atoms with Crippen molar-refractivity contribution in [1.29, 1.82) is 0 Å².